The second-order valence-electron chi connectivity index (χ2n) is 5.93. The smallest absolute Gasteiger partial charge is 0.340 e. The summed E-state index contributed by atoms with van der Waals surface area (Å²) in [6.45, 7) is 6.16. The molecule has 3 aromatic rings. The maximum absolute atomic E-state index is 12.1. The molecule has 0 bridgehead atoms. The number of aryl methyl sites for hydroxylation is 1. The molecule has 3 rings (SSSR count). The molecule has 0 saturated carbocycles. The van der Waals surface area contributed by atoms with E-state index >= 15 is 0 Å². The molecule has 0 amide bonds. The molecule has 7 nitrogen and oxygen atoms in total. The number of benzene rings is 2. The molecule has 7 heteroatoms. The van der Waals surface area contributed by atoms with Crippen molar-refractivity contribution < 1.29 is 9.53 Å². The van der Waals surface area contributed by atoms with E-state index in [2.05, 4.69) is 25.8 Å². The lowest BCUT2D eigenvalue weighted by atomic mass is 10.1. The molecule has 2 N–H and O–H groups in total. The van der Waals surface area contributed by atoms with E-state index in [1.165, 1.54) is 11.8 Å². The Bertz CT molecular complexity index is 959. The minimum atomic E-state index is -0.392. The fraction of sp³-hybridized carbons (Fsp3) is 0.200. The van der Waals surface area contributed by atoms with Crippen LogP contribution in [0, 0.1) is 13.8 Å². The van der Waals surface area contributed by atoms with Gasteiger partial charge in [-0.25, -0.2) is 4.79 Å². The average Bonchev–Trinajstić information content (AvgIpc) is 2.66. The lowest BCUT2D eigenvalue weighted by Crippen LogP contribution is -2.09. The highest BCUT2D eigenvalue weighted by molar-refractivity contribution is 5.96. The van der Waals surface area contributed by atoms with Crippen molar-refractivity contribution in [3.8, 4) is 0 Å². The first kappa shape index (κ1) is 18.3. The lowest BCUT2D eigenvalue weighted by molar-refractivity contribution is 0.0527. The first-order valence-corrected chi connectivity index (χ1v) is 8.64. The van der Waals surface area contributed by atoms with Gasteiger partial charge in [-0.15, -0.1) is 5.10 Å². The molecular weight excluding hydrogens is 342 g/mol. The topological polar surface area (TPSA) is 89.0 Å². The third-order valence-electron chi connectivity index (χ3n) is 4.10. The van der Waals surface area contributed by atoms with Crippen LogP contribution in [0.15, 0.2) is 48.7 Å². The van der Waals surface area contributed by atoms with Crippen LogP contribution in [0.25, 0.3) is 0 Å². The van der Waals surface area contributed by atoms with E-state index < -0.39 is 5.97 Å². The summed E-state index contributed by atoms with van der Waals surface area (Å²) >= 11 is 0. The van der Waals surface area contributed by atoms with Gasteiger partial charge in [0.2, 0.25) is 5.95 Å². The van der Waals surface area contributed by atoms with E-state index in [-0.39, 0.29) is 0 Å². The monoisotopic (exact) mass is 363 g/mol. The number of ether oxygens (including phenoxy) is 1. The van der Waals surface area contributed by atoms with Gasteiger partial charge in [0.1, 0.15) is 0 Å². The second-order valence-corrected chi connectivity index (χ2v) is 5.93. The number of aromatic nitrogens is 3. The highest BCUT2D eigenvalue weighted by Gasteiger charge is 2.13. The van der Waals surface area contributed by atoms with Crippen molar-refractivity contribution in [1.29, 1.82) is 0 Å². The van der Waals surface area contributed by atoms with Crippen LogP contribution in [0.3, 0.4) is 0 Å². The van der Waals surface area contributed by atoms with Gasteiger partial charge in [0, 0.05) is 5.69 Å². The summed E-state index contributed by atoms with van der Waals surface area (Å²) in [5.41, 5.74) is 4.23. The van der Waals surface area contributed by atoms with Gasteiger partial charge in [-0.3, -0.25) is 0 Å². The molecule has 0 aliphatic heterocycles. The van der Waals surface area contributed by atoms with Gasteiger partial charge < -0.3 is 15.4 Å². The van der Waals surface area contributed by atoms with Crippen LogP contribution in [0.5, 0.6) is 0 Å². The molecule has 0 fully saturated rings. The molecule has 0 atom stereocenters. The van der Waals surface area contributed by atoms with Crippen LogP contribution < -0.4 is 10.6 Å². The third kappa shape index (κ3) is 4.38. The van der Waals surface area contributed by atoms with Crippen LogP contribution in [0.4, 0.5) is 23.1 Å². The van der Waals surface area contributed by atoms with Crippen LogP contribution in [-0.4, -0.2) is 27.8 Å². The minimum absolute atomic E-state index is 0.312. The SMILES string of the molecule is CCOC(=O)c1ccccc1Nc1cnnc(Nc2cccc(C)c2C)n1. The van der Waals surface area contributed by atoms with Gasteiger partial charge in [-0.1, -0.05) is 24.3 Å². The molecule has 1 aromatic heterocycles. The zero-order chi connectivity index (χ0) is 19.2. The van der Waals surface area contributed by atoms with Gasteiger partial charge >= 0.3 is 5.97 Å². The number of nitrogens with zero attached hydrogens (tertiary/aromatic N) is 3. The van der Waals surface area contributed by atoms with Crippen LogP contribution in [-0.2, 0) is 4.74 Å². The Balaban J connectivity index is 1.83. The van der Waals surface area contributed by atoms with E-state index in [1.807, 2.05) is 38.1 Å². The van der Waals surface area contributed by atoms with Crippen LogP contribution in [0.1, 0.15) is 28.4 Å². The number of hydrogen-bond acceptors (Lipinski definition) is 7. The summed E-state index contributed by atoms with van der Waals surface area (Å²) in [6.07, 6.45) is 1.50. The van der Waals surface area contributed by atoms with Crippen LogP contribution in [0.2, 0.25) is 0 Å². The Morgan fingerprint density at radius 1 is 1.04 bits per heavy atom. The number of carbonyl (C=O) groups excluding carboxylic acids is 1. The predicted molar refractivity (Wildman–Crippen MR) is 105 cm³/mol. The maximum atomic E-state index is 12.1. The van der Waals surface area contributed by atoms with E-state index in [0.29, 0.717) is 29.6 Å². The normalized spacial score (nSPS) is 10.3. The minimum Gasteiger partial charge on any atom is -0.462 e. The van der Waals surface area contributed by atoms with Gasteiger partial charge in [0.05, 0.1) is 24.1 Å². The highest BCUT2D eigenvalue weighted by atomic mass is 16.5. The van der Waals surface area contributed by atoms with Crippen LogP contribution >= 0.6 is 0 Å². The maximum Gasteiger partial charge on any atom is 0.340 e. The lowest BCUT2D eigenvalue weighted by Gasteiger charge is -2.12. The first-order valence-electron chi connectivity index (χ1n) is 8.64. The Labute approximate surface area is 157 Å². The Kier molecular flexibility index (Phi) is 5.61. The summed E-state index contributed by atoms with van der Waals surface area (Å²) in [5, 5.41) is 14.3. The summed E-state index contributed by atoms with van der Waals surface area (Å²) in [6, 6.07) is 13.1. The molecule has 1 heterocycles. The van der Waals surface area contributed by atoms with Crippen molar-refractivity contribution in [2.24, 2.45) is 0 Å². The fourth-order valence-electron chi connectivity index (χ4n) is 2.54. The average molecular weight is 363 g/mol. The quantitative estimate of drug-likeness (QED) is 0.636. The number of nitrogens with one attached hydrogen (secondary N) is 2. The van der Waals surface area contributed by atoms with Crippen molar-refractivity contribution in [1.82, 2.24) is 15.2 Å². The molecule has 0 unspecified atom stereocenters. The molecule has 0 aliphatic rings. The van der Waals surface area contributed by atoms with Crippen molar-refractivity contribution in [2.75, 3.05) is 17.2 Å². The van der Waals surface area contributed by atoms with Gasteiger partial charge in [0.25, 0.3) is 0 Å². The summed E-state index contributed by atoms with van der Waals surface area (Å²) in [4.78, 5) is 16.5. The molecule has 0 aliphatic carbocycles. The number of hydrogen-bond donors (Lipinski definition) is 2. The van der Waals surface area contributed by atoms with Gasteiger partial charge in [-0.2, -0.15) is 10.1 Å². The van der Waals surface area contributed by atoms with E-state index in [1.54, 1.807) is 25.1 Å². The molecule has 27 heavy (non-hydrogen) atoms. The van der Waals surface area contributed by atoms with Gasteiger partial charge in [-0.05, 0) is 50.1 Å². The Hall–Kier alpha value is -3.48. The molecule has 2 aromatic carbocycles. The first-order chi connectivity index (χ1) is 13.1. The molecule has 0 radical (unpaired) electrons. The third-order valence-corrected chi connectivity index (χ3v) is 4.10. The largest absolute Gasteiger partial charge is 0.462 e. The van der Waals surface area contributed by atoms with E-state index in [9.17, 15) is 4.79 Å². The molecule has 138 valence electrons. The standard InChI is InChI=1S/C20H21N5O2/c1-4-27-19(26)15-9-5-6-10-17(15)22-18-12-21-25-20(24-18)23-16-11-7-8-13(2)14(16)3/h5-12H,4H2,1-3H3,(H2,22,23,24,25). The highest BCUT2D eigenvalue weighted by Crippen LogP contribution is 2.23. The molecular formula is C20H21N5O2. The number of anilines is 4. The zero-order valence-electron chi connectivity index (χ0n) is 15.5. The Morgan fingerprint density at radius 2 is 1.81 bits per heavy atom. The zero-order valence-corrected chi connectivity index (χ0v) is 15.5. The fourth-order valence-corrected chi connectivity index (χ4v) is 2.54. The molecule has 0 spiro atoms. The summed E-state index contributed by atoms with van der Waals surface area (Å²) in [7, 11) is 0. The number of para-hydroxylation sites is 1. The Morgan fingerprint density at radius 3 is 2.63 bits per heavy atom. The van der Waals surface area contributed by atoms with Crippen molar-refractivity contribution >= 4 is 29.1 Å². The molecule has 0 saturated heterocycles. The van der Waals surface area contributed by atoms with Crippen molar-refractivity contribution in [2.45, 2.75) is 20.8 Å². The van der Waals surface area contributed by atoms with Crippen molar-refractivity contribution in [3.63, 3.8) is 0 Å². The van der Waals surface area contributed by atoms with Gasteiger partial charge in [0.15, 0.2) is 5.82 Å². The summed E-state index contributed by atoms with van der Waals surface area (Å²) in [5.74, 6) is 0.438. The number of rotatable bonds is 6. The number of carbonyl (C=O) groups is 1. The second kappa shape index (κ2) is 8.27. The summed E-state index contributed by atoms with van der Waals surface area (Å²) < 4.78 is 5.09. The van der Waals surface area contributed by atoms with E-state index in [0.717, 1.165) is 11.3 Å². The predicted octanol–water partition coefficient (Wildman–Crippen LogP) is 4.15. The number of esters is 1. The van der Waals surface area contributed by atoms with Crippen molar-refractivity contribution in [3.05, 3.63) is 65.4 Å². The van der Waals surface area contributed by atoms with E-state index in [4.69, 9.17) is 4.74 Å².